The number of carbonyl (C=O) groups is 3. The lowest BCUT2D eigenvalue weighted by atomic mass is 9.90. The van der Waals surface area contributed by atoms with Crippen LogP contribution < -0.4 is 4.74 Å². The van der Waals surface area contributed by atoms with Gasteiger partial charge in [-0.25, -0.2) is 0 Å². The van der Waals surface area contributed by atoms with Gasteiger partial charge in [-0.05, 0) is 36.8 Å². The fourth-order valence-electron chi connectivity index (χ4n) is 4.32. The largest absolute Gasteiger partial charge is 0.496 e. The number of H-pyrrole nitrogens is 1. The van der Waals surface area contributed by atoms with Crippen molar-refractivity contribution in [3.63, 3.8) is 0 Å². The second-order valence-electron chi connectivity index (χ2n) is 8.11. The Bertz CT molecular complexity index is 1130. The predicted octanol–water partition coefficient (Wildman–Crippen LogP) is 4.04. The molecule has 0 bridgehead atoms. The summed E-state index contributed by atoms with van der Waals surface area (Å²) >= 11 is 0. The standard InChI is InChI=1S/C25H26N2O4/c1-16(28)24(29)21-15-26-22-14-23(31-2)20(13-19(21)22)25(30)27-10-8-18(9-11-27)12-17-6-4-3-5-7-17/h3-7,13-15,18,26H,8-12H2,1-2H3. The van der Waals surface area contributed by atoms with Crippen molar-refractivity contribution in [2.24, 2.45) is 5.92 Å². The summed E-state index contributed by atoms with van der Waals surface area (Å²) in [7, 11) is 1.52. The number of aromatic amines is 1. The highest BCUT2D eigenvalue weighted by molar-refractivity contribution is 6.45. The van der Waals surface area contributed by atoms with Crippen molar-refractivity contribution in [2.75, 3.05) is 20.2 Å². The van der Waals surface area contributed by atoms with Gasteiger partial charge >= 0.3 is 0 Å². The zero-order valence-corrected chi connectivity index (χ0v) is 17.8. The number of hydrogen-bond donors (Lipinski definition) is 1. The third-order valence-corrected chi connectivity index (χ3v) is 6.07. The van der Waals surface area contributed by atoms with Gasteiger partial charge in [-0.15, -0.1) is 0 Å². The molecule has 6 nitrogen and oxygen atoms in total. The van der Waals surface area contributed by atoms with Gasteiger partial charge in [0.2, 0.25) is 5.78 Å². The van der Waals surface area contributed by atoms with Crippen LogP contribution in [0.1, 0.15) is 46.0 Å². The minimum absolute atomic E-state index is 0.112. The molecule has 6 heteroatoms. The summed E-state index contributed by atoms with van der Waals surface area (Å²) < 4.78 is 5.46. The average Bonchev–Trinajstić information content (AvgIpc) is 3.21. The van der Waals surface area contributed by atoms with Crippen LogP contribution in [0.2, 0.25) is 0 Å². The fourth-order valence-corrected chi connectivity index (χ4v) is 4.32. The Morgan fingerprint density at radius 3 is 2.42 bits per heavy atom. The maximum absolute atomic E-state index is 13.3. The number of piperidine rings is 1. The van der Waals surface area contributed by atoms with Gasteiger partial charge in [0.1, 0.15) is 5.75 Å². The van der Waals surface area contributed by atoms with E-state index in [0.717, 1.165) is 19.3 Å². The molecule has 0 saturated carbocycles. The van der Waals surface area contributed by atoms with Crippen molar-refractivity contribution in [1.82, 2.24) is 9.88 Å². The van der Waals surface area contributed by atoms with Crippen LogP contribution in [0.4, 0.5) is 0 Å². The summed E-state index contributed by atoms with van der Waals surface area (Å²) in [6.07, 6.45) is 4.43. The van der Waals surface area contributed by atoms with E-state index < -0.39 is 11.6 Å². The van der Waals surface area contributed by atoms with E-state index in [-0.39, 0.29) is 11.5 Å². The number of carbonyl (C=O) groups excluding carboxylic acids is 3. The molecule has 4 rings (SSSR count). The number of methoxy groups -OCH3 is 1. The number of aromatic nitrogens is 1. The van der Waals surface area contributed by atoms with E-state index in [4.69, 9.17) is 4.74 Å². The zero-order valence-electron chi connectivity index (χ0n) is 17.8. The Morgan fingerprint density at radius 2 is 1.77 bits per heavy atom. The Kier molecular flexibility index (Phi) is 5.89. The summed E-state index contributed by atoms with van der Waals surface area (Å²) in [5, 5.41) is 0.559. The topological polar surface area (TPSA) is 79.5 Å². The summed E-state index contributed by atoms with van der Waals surface area (Å²) in [6, 6.07) is 13.8. The van der Waals surface area contributed by atoms with Crippen LogP contribution in [0.25, 0.3) is 10.9 Å². The van der Waals surface area contributed by atoms with Gasteiger partial charge in [-0.1, -0.05) is 30.3 Å². The number of benzene rings is 2. The van der Waals surface area contributed by atoms with Crippen LogP contribution >= 0.6 is 0 Å². The first-order chi connectivity index (χ1) is 15.0. The first kappa shape index (κ1) is 20.8. The van der Waals surface area contributed by atoms with Crippen LogP contribution in [-0.2, 0) is 11.2 Å². The maximum atomic E-state index is 13.3. The minimum atomic E-state index is -0.573. The minimum Gasteiger partial charge on any atom is -0.496 e. The number of ketones is 2. The van der Waals surface area contributed by atoms with Crippen LogP contribution in [0.3, 0.4) is 0 Å². The van der Waals surface area contributed by atoms with Crippen LogP contribution in [0, 0.1) is 5.92 Å². The lowest BCUT2D eigenvalue weighted by molar-refractivity contribution is -0.113. The van der Waals surface area contributed by atoms with Crippen molar-refractivity contribution >= 4 is 28.4 Å². The van der Waals surface area contributed by atoms with Crippen molar-refractivity contribution in [3.05, 3.63) is 65.4 Å². The van der Waals surface area contributed by atoms with Gasteiger partial charge in [0, 0.05) is 43.2 Å². The molecule has 2 aromatic carbocycles. The molecular formula is C25H26N2O4. The molecule has 1 saturated heterocycles. The van der Waals surface area contributed by atoms with Gasteiger partial charge in [-0.3, -0.25) is 14.4 Å². The Labute approximate surface area is 181 Å². The Balaban J connectivity index is 1.54. The van der Waals surface area contributed by atoms with Crippen molar-refractivity contribution < 1.29 is 19.1 Å². The molecule has 1 aliphatic rings. The fraction of sp³-hybridized carbons (Fsp3) is 0.320. The molecule has 0 spiro atoms. The van der Waals surface area contributed by atoms with Crippen LogP contribution in [-0.4, -0.2) is 47.6 Å². The Morgan fingerprint density at radius 1 is 1.06 bits per heavy atom. The highest BCUT2D eigenvalue weighted by Crippen LogP contribution is 2.31. The van der Waals surface area contributed by atoms with Gasteiger partial charge < -0.3 is 14.6 Å². The van der Waals surface area contributed by atoms with E-state index in [1.165, 1.54) is 25.8 Å². The number of hydrogen-bond acceptors (Lipinski definition) is 4. The molecule has 1 amide bonds. The molecule has 1 fully saturated rings. The van der Waals surface area contributed by atoms with E-state index in [1.807, 2.05) is 11.0 Å². The predicted molar refractivity (Wildman–Crippen MR) is 119 cm³/mol. The molecule has 2 heterocycles. The molecule has 1 aromatic heterocycles. The Hall–Kier alpha value is -3.41. The normalized spacial score (nSPS) is 14.6. The molecule has 1 aliphatic heterocycles. The van der Waals surface area contributed by atoms with Crippen molar-refractivity contribution in [2.45, 2.75) is 26.2 Å². The van der Waals surface area contributed by atoms with E-state index in [1.54, 1.807) is 12.1 Å². The number of amides is 1. The summed E-state index contributed by atoms with van der Waals surface area (Å²) in [6.45, 7) is 2.62. The number of nitrogens with one attached hydrogen (secondary N) is 1. The molecule has 0 unspecified atom stereocenters. The van der Waals surface area contributed by atoms with E-state index in [0.29, 0.717) is 41.2 Å². The van der Waals surface area contributed by atoms with Crippen molar-refractivity contribution in [1.29, 1.82) is 0 Å². The first-order valence-corrected chi connectivity index (χ1v) is 10.6. The second-order valence-corrected chi connectivity index (χ2v) is 8.11. The third-order valence-electron chi connectivity index (χ3n) is 6.07. The van der Waals surface area contributed by atoms with Gasteiger partial charge in [0.25, 0.3) is 5.91 Å². The van der Waals surface area contributed by atoms with Crippen LogP contribution in [0.15, 0.2) is 48.7 Å². The number of nitrogens with zero attached hydrogens (tertiary/aromatic N) is 1. The molecular weight excluding hydrogens is 392 g/mol. The summed E-state index contributed by atoms with van der Waals surface area (Å²) in [4.78, 5) is 42.0. The van der Waals surface area contributed by atoms with E-state index in [9.17, 15) is 14.4 Å². The molecule has 0 radical (unpaired) electrons. The van der Waals surface area contributed by atoms with Crippen molar-refractivity contribution in [3.8, 4) is 5.75 Å². The average molecular weight is 418 g/mol. The molecule has 160 valence electrons. The van der Waals surface area contributed by atoms with E-state index >= 15 is 0 Å². The third kappa shape index (κ3) is 4.24. The second kappa shape index (κ2) is 8.76. The number of likely N-dealkylation sites (tertiary alicyclic amines) is 1. The lowest BCUT2D eigenvalue weighted by Crippen LogP contribution is -2.39. The monoisotopic (exact) mass is 418 g/mol. The van der Waals surface area contributed by atoms with Gasteiger partial charge in [0.15, 0.2) is 5.78 Å². The number of rotatable bonds is 6. The highest BCUT2D eigenvalue weighted by atomic mass is 16.5. The molecule has 31 heavy (non-hydrogen) atoms. The quantitative estimate of drug-likeness (QED) is 0.484. The smallest absolute Gasteiger partial charge is 0.257 e. The molecule has 1 N–H and O–H groups in total. The van der Waals surface area contributed by atoms with Gasteiger partial charge in [-0.2, -0.15) is 0 Å². The summed E-state index contributed by atoms with van der Waals surface area (Å²) in [5.41, 5.74) is 2.67. The molecule has 3 aromatic rings. The molecule has 0 aliphatic carbocycles. The number of ether oxygens (including phenoxy) is 1. The summed E-state index contributed by atoms with van der Waals surface area (Å²) in [5.74, 6) is -0.214. The molecule has 0 atom stereocenters. The van der Waals surface area contributed by atoms with E-state index in [2.05, 4.69) is 29.2 Å². The van der Waals surface area contributed by atoms with Crippen LogP contribution in [0.5, 0.6) is 5.75 Å². The lowest BCUT2D eigenvalue weighted by Gasteiger charge is -2.32. The zero-order chi connectivity index (χ0) is 22.0. The van der Waals surface area contributed by atoms with Gasteiger partial charge in [0.05, 0.1) is 18.2 Å². The number of Topliss-reactive ketones (excluding diaryl/α,β-unsaturated/α-hetero) is 2. The number of fused-ring (bicyclic) bond motifs is 1. The highest BCUT2D eigenvalue weighted by Gasteiger charge is 2.27. The first-order valence-electron chi connectivity index (χ1n) is 10.6. The maximum Gasteiger partial charge on any atom is 0.257 e. The SMILES string of the molecule is COc1cc2[nH]cc(C(=O)C(C)=O)c2cc1C(=O)N1CCC(Cc2ccccc2)CC1.